The van der Waals surface area contributed by atoms with Gasteiger partial charge in [-0.05, 0) is 56.3 Å². The minimum Gasteiger partial charge on any atom is -0.492 e. The summed E-state index contributed by atoms with van der Waals surface area (Å²) in [5, 5.41) is 2.54. The zero-order valence-electron chi connectivity index (χ0n) is 17.2. The summed E-state index contributed by atoms with van der Waals surface area (Å²) in [7, 11) is -4.09. The highest BCUT2D eigenvalue weighted by atomic mass is 32.2. The van der Waals surface area contributed by atoms with Crippen LogP contribution >= 0.6 is 0 Å². The number of amides is 1. The summed E-state index contributed by atoms with van der Waals surface area (Å²) in [5.74, 6) is -0.796. The maximum Gasteiger partial charge on any atom is 0.264 e. The fraction of sp³-hybridized carbons (Fsp3) is 0.174. The van der Waals surface area contributed by atoms with Crippen LogP contribution in [0.15, 0.2) is 77.7 Å². The minimum atomic E-state index is -4.09. The Morgan fingerprint density at radius 3 is 2.42 bits per heavy atom. The second kappa shape index (κ2) is 9.61. The summed E-state index contributed by atoms with van der Waals surface area (Å²) >= 11 is 0. The van der Waals surface area contributed by atoms with E-state index < -0.39 is 28.3 Å². The first-order valence-electron chi connectivity index (χ1n) is 9.68. The van der Waals surface area contributed by atoms with Crippen LogP contribution < -0.4 is 14.4 Å². The second-order valence-electron chi connectivity index (χ2n) is 6.78. The zero-order valence-corrected chi connectivity index (χ0v) is 18.0. The summed E-state index contributed by atoms with van der Waals surface area (Å²) in [6.07, 6.45) is 0. The average Bonchev–Trinajstić information content (AvgIpc) is 2.73. The maximum atomic E-state index is 13.5. The fourth-order valence-electron chi connectivity index (χ4n) is 2.98. The standard InChI is InChI=1S/C23H23FN2O4S/c1-3-30-22-10-5-4-9-21(22)26(31(28,29)20-13-11-17(2)12-14-20)16-23(27)25-19-8-6-7-18(24)15-19/h4-15H,3,16H2,1-2H3,(H,25,27). The molecule has 0 atom stereocenters. The molecule has 0 bridgehead atoms. The van der Waals surface area contributed by atoms with Gasteiger partial charge < -0.3 is 10.1 Å². The topological polar surface area (TPSA) is 75.7 Å². The number of nitrogens with one attached hydrogen (secondary N) is 1. The summed E-state index contributed by atoms with van der Waals surface area (Å²) in [6, 6.07) is 18.3. The number of halogens is 1. The van der Waals surface area contributed by atoms with Crippen LogP contribution in [0.4, 0.5) is 15.8 Å². The molecule has 3 rings (SSSR count). The Labute approximate surface area is 181 Å². The molecular formula is C23H23FN2O4S. The largest absolute Gasteiger partial charge is 0.492 e. The van der Waals surface area contributed by atoms with E-state index in [4.69, 9.17) is 4.74 Å². The van der Waals surface area contributed by atoms with Crippen molar-refractivity contribution in [2.45, 2.75) is 18.7 Å². The molecule has 0 saturated heterocycles. The van der Waals surface area contributed by atoms with Gasteiger partial charge >= 0.3 is 0 Å². The highest BCUT2D eigenvalue weighted by molar-refractivity contribution is 7.92. The number of nitrogens with zero attached hydrogens (tertiary/aromatic N) is 1. The molecule has 0 radical (unpaired) electrons. The third kappa shape index (κ3) is 5.40. The third-order valence-electron chi connectivity index (χ3n) is 4.44. The first-order valence-corrected chi connectivity index (χ1v) is 11.1. The van der Waals surface area contributed by atoms with Gasteiger partial charge in [0.25, 0.3) is 10.0 Å². The summed E-state index contributed by atoms with van der Waals surface area (Å²) in [6.45, 7) is 3.44. The Hall–Kier alpha value is -3.39. The molecule has 3 aromatic rings. The van der Waals surface area contributed by atoms with E-state index in [9.17, 15) is 17.6 Å². The van der Waals surface area contributed by atoms with E-state index >= 15 is 0 Å². The zero-order chi connectivity index (χ0) is 22.4. The van der Waals surface area contributed by atoms with Crippen molar-refractivity contribution in [2.24, 2.45) is 0 Å². The molecular weight excluding hydrogens is 419 g/mol. The van der Waals surface area contributed by atoms with Crippen LogP contribution in [0, 0.1) is 12.7 Å². The van der Waals surface area contributed by atoms with Gasteiger partial charge in [-0.3, -0.25) is 9.10 Å². The highest BCUT2D eigenvalue weighted by Crippen LogP contribution is 2.32. The number of ether oxygens (including phenoxy) is 1. The first kappa shape index (κ1) is 22.3. The number of rotatable bonds is 8. The minimum absolute atomic E-state index is 0.0444. The van der Waals surface area contributed by atoms with Gasteiger partial charge in [-0.25, -0.2) is 12.8 Å². The first-order chi connectivity index (χ1) is 14.8. The number of hydrogen-bond donors (Lipinski definition) is 1. The van der Waals surface area contributed by atoms with E-state index in [2.05, 4.69) is 5.32 Å². The van der Waals surface area contributed by atoms with Crippen molar-refractivity contribution in [3.8, 4) is 5.75 Å². The van der Waals surface area contributed by atoms with Crippen LogP contribution in [0.25, 0.3) is 0 Å². The molecule has 0 aliphatic heterocycles. The van der Waals surface area contributed by atoms with Gasteiger partial charge in [0.15, 0.2) is 0 Å². The van der Waals surface area contributed by atoms with Gasteiger partial charge in [0.1, 0.15) is 18.1 Å². The molecule has 0 saturated carbocycles. The van der Waals surface area contributed by atoms with Crippen LogP contribution in [0.5, 0.6) is 5.75 Å². The Bertz CT molecular complexity index is 1160. The molecule has 0 spiro atoms. The number of benzene rings is 3. The summed E-state index contributed by atoms with van der Waals surface area (Å²) < 4.78 is 47.0. The Kier molecular flexibility index (Phi) is 6.91. The Balaban J connectivity index is 2.00. The number of aryl methyl sites for hydroxylation is 1. The maximum absolute atomic E-state index is 13.5. The number of carbonyl (C=O) groups excluding carboxylic acids is 1. The van der Waals surface area contributed by atoms with Crippen LogP contribution in [0.3, 0.4) is 0 Å². The number of para-hydroxylation sites is 2. The van der Waals surface area contributed by atoms with Crippen LogP contribution in [-0.4, -0.2) is 27.5 Å². The number of sulfonamides is 1. The summed E-state index contributed by atoms with van der Waals surface area (Å²) in [5.41, 5.74) is 1.37. The average molecular weight is 443 g/mol. The monoisotopic (exact) mass is 442 g/mol. The van der Waals surface area contributed by atoms with E-state index in [0.29, 0.717) is 12.4 Å². The predicted molar refractivity (Wildman–Crippen MR) is 118 cm³/mol. The smallest absolute Gasteiger partial charge is 0.264 e. The lowest BCUT2D eigenvalue weighted by Crippen LogP contribution is -2.38. The molecule has 0 fully saturated rings. The lowest BCUT2D eigenvalue weighted by molar-refractivity contribution is -0.114. The van der Waals surface area contributed by atoms with E-state index in [1.165, 1.54) is 30.3 Å². The molecule has 1 amide bonds. The van der Waals surface area contributed by atoms with Crippen molar-refractivity contribution in [3.63, 3.8) is 0 Å². The van der Waals surface area contributed by atoms with Crippen molar-refractivity contribution in [1.82, 2.24) is 0 Å². The molecule has 0 heterocycles. The van der Waals surface area contributed by atoms with E-state index in [1.54, 1.807) is 43.3 Å². The number of hydrogen-bond acceptors (Lipinski definition) is 4. The number of anilines is 2. The molecule has 1 N–H and O–H groups in total. The number of carbonyl (C=O) groups is 1. The molecule has 0 aliphatic rings. The van der Waals surface area contributed by atoms with E-state index in [1.807, 2.05) is 6.92 Å². The van der Waals surface area contributed by atoms with Crippen LogP contribution in [0.1, 0.15) is 12.5 Å². The van der Waals surface area contributed by atoms with Gasteiger partial charge in [0.05, 0.1) is 17.2 Å². The highest BCUT2D eigenvalue weighted by Gasteiger charge is 2.29. The lowest BCUT2D eigenvalue weighted by Gasteiger charge is -2.26. The van der Waals surface area contributed by atoms with E-state index in [0.717, 1.165) is 15.9 Å². The predicted octanol–water partition coefficient (Wildman–Crippen LogP) is 4.37. The Morgan fingerprint density at radius 1 is 1.03 bits per heavy atom. The molecule has 31 heavy (non-hydrogen) atoms. The van der Waals surface area contributed by atoms with Gasteiger partial charge in [0, 0.05) is 5.69 Å². The van der Waals surface area contributed by atoms with Crippen molar-refractivity contribution in [2.75, 3.05) is 22.8 Å². The molecule has 8 heteroatoms. The molecule has 0 aliphatic carbocycles. The molecule has 162 valence electrons. The molecule has 3 aromatic carbocycles. The molecule has 0 aromatic heterocycles. The third-order valence-corrected chi connectivity index (χ3v) is 6.21. The normalized spacial score (nSPS) is 11.1. The van der Waals surface area contributed by atoms with Crippen molar-refractivity contribution >= 4 is 27.3 Å². The van der Waals surface area contributed by atoms with Gasteiger partial charge in [-0.2, -0.15) is 0 Å². The van der Waals surface area contributed by atoms with Crippen LogP contribution in [-0.2, 0) is 14.8 Å². The van der Waals surface area contributed by atoms with Crippen molar-refractivity contribution in [1.29, 1.82) is 0 Å². The van der Waals surface area contributed by atoms with Crippen LogP contribution in [0.2, 0.25) is 0 Å². The summed E-state index contributed by atoms with van der Waals surface area (Å²) in [4.78, 5) is 12.8. The SMILES string of the molecule is CCOc1ccccc1N(CC(=O)Nc1cccc(F)c1)S(=O)(=O)c1ccc(C)cc1. The van der Waals surface area contributed by atoms with Gasteiger partial charge in [-0.1, -0.05) is 35.9 Å². The van der Waals surface area contributed by atoms with Gasteiger partial charge in [-0.15, -0.1) is 0 Å². The quantitative estimate of drug-likeness (QED) is 0.562. The fourth-order valence-corrected chi connectivity index (χ4v) is 4.41. The van der Waals surface area contributed by atoms with Crippen molar-refractivity contribution < 1.29 is 22.3 Å². The molecule has 6 nitrogen and oxygen atoms in total. The Morgan fingerprint density at radius 2 is 1.74 bits per heavy atom. The lowest BCUT2D eigenvalue weighted by atomic mass is 10.2. The molecule has 0 unspecified atom stereocenters. The van der Waals surface area contributed by atoms with Crippen molar-refractivity contribution in [3.05, 3.63) is 84.2 Å². The van der Waals surface area contributed by atoms with E-state index in [-0.39, 0.29) is 16.3 Å². The second-order valence-corrected chi connectivity index (χ2v) is 8.65. The van der Waals surface area contributed by atoms with Gasteiger partial charge in [0.2, 0.25) is 5.91 Å².